The summed E-state index contributed by atoms with van der Waals surface area (Å²) >= 11 is 13.3. The van der Waals surface area contributed by atoms with Crippen LogP contribution in [-0.4, -0.2) is 34.9 Å². The summed E-state index contributed by atoms with van der Waals surface area (Å²) < 4.78 is 0. The molecule has 6 nitrogen and oxygen atoms in total. The number of hydrogen-bond donors (Lipinski definition) is 2. The third-order valence-electron chi connectivity index (χ3n) is 3.60. The third-order valence-corrected chi connectivity index (χ3v) is 5.17. The molecule has 1 aromatic heterocycles. The standard InChI is InChI=1S/C18H22Cl2N4O2S/c1-3-7-21-17(25)15-11-27-16(23-15)10-24(8-4-2)18(26)22-12-5-6-13(19)14(20)9-12/h5-6,9,11H,3-4,7-8,10H2,1-2H3,(H,21,25)(H,22,26). The second-order valence-electron chi connectivity index (χ2n) is 5.86. The van der Waals surface area contributed by atoms with E-state index in [-0.39, 0.29) is 11.9 Å². The van der Waals surface area contributed by atoms with Gasteiger partial charge in [0.05, 0.1) is 16.6 Å². The highest BCUT2D eigenvalue weighted by molar-refractivity contribution is 7.09. The molecule has 2 rings (SSSR count). The molecule has 0 saturated carbocycles. The zero-order valence-corrected chi connectivity index (χ0v) is 17.5. The van der Waals surface area contributed by atoms with E-state index in [0.29, 0.717) is 46.1 Å². The molecule has 0 aliphatic heterocycles. The monoisotopic (exact) mass is 428 g/mol. The maximum atomic E-state index is 12.6. The van der Waals surface area contributed by atoms with Crippen LogP contribution < -0.4 is 10.6 Å². The molecule has 0 fully saturated rings. The van der Waals surface area contributed by atoms with E-state index in [0.717, 1.165) is 12.8 Å². The molecular weight excluding hydrogens is 407 g/mol. The fourth-order valence-corrected chi connectivity index (χ4v) is 3.37. The largest absolute Gasteiger partial charge is 0.351 e. The van der Waals surface area contributed by atoms with E-state index in [9.17, 15) is 9.59 Å². The molecule has 3 amide bonds. The number of carbonyl (C=O) groups excluding carboxylic acids is 2. The van der Waals surface area contributed by atoms with Crippen molar-refractivity contribution >= 4 is 52.2 Å². The molecule has 0 spiro atoms. The molecule has 0 unspecified atom stereocenters. The highest BCUT2D eigenvalue weighted by atomic mass is 35.5. The molecule has 0 atom stereocenters. The van der Waals surface area contributed by atoms with Crippen molar-refractivity contribution in [3.05, 3.63) is 44.3 Å². The first-order valence-corrected chi connectivity index (χ1v) is 10.3. The lowest BCUT2D eigenvalue weighted by atomic mass is 10.3. The van der Waals surface area contributed by atoms with Crippen molar-refractivity contribution in [3.8, 4) is 0 Å². The van der Waals surface area contributed by atoms with Crippen LogP contribution in [0.1, 0.15) is 42.2 Å². The van der Waals surface area contributed by atoms with Gasteiger partial charge < -0.3 is 15.5 Å². The molecule has 2 aromatic rings. The van der Waals surface area contributed by atoms with Gasteiger partial charge in [-0.2, -0.15) is 0 Å². The molecule has 27 heavy (non-hydrogen) atoms. The van der Waals surface area contributed by atoms with Crippen LogP contribution >= 0.6 is 34.5 Å². The van der Waals surface area contributed by atoms with Gasteiger partial charge in [-0.25, -0.2) is 9.78 Å². The second-order valence-corrected chi connectivity index (χ2v) is 7.62. The highest BCUT2D eigenvalue weighted by Crippen LogP contribution is 2.25. The molecule has 0 radical (unpaired) electrons. The first kappa shape index (κ1) is 21.5. The highest BCUT2D eigenvalue weighted by Gasteiger charge is 2.17. The van der Waals surface area contributed by atoms with Crippen LogP contribution in [0.5, 0.6) is 0 Å². The van der Waals surface area contributed by atoms with Gasteiger partial charge in [-0.05, 0) is 31.0 Å². The van der Waals surface area contributed by atoms with Gasteiger partial charge >= 0.3 is 6.03 Å². The van der Waals surface area contributed by atoms with Crippen LogP contribution in [0, 0.1) is 0 Å². The van der Waals surface area contributed by atoms with Crippen molar-refractivity contribution in [3.63, 3.8) is 0 Å². The number of benzene rings is 1. The summed E-state index contributed by atoms with van der Waals surface area (Å²) in [7, 11) is 0. The molecule has 0 aliphatic carbocycles. The Balaban J connectivity index is 2.03. The predicted octanol–water partition coefficient (Wildman–Crippen LogP) is 5.03. The molecule has 1 aromatic carbocycles. The van der Waals surface area contributed by atoms with Gasteiger partial charge in [0, 0.05) is 24.2 Å². The summed E-state index contributed by atoms with van der Waals surface area (Å²) in [5.41, 5.74) is 0.944. The Bertz CT molecular complexity index is 797. The van der Waals surface area contributed by atoms with Crippen LogP contribution in [0.25, 0.3) is 0 Å². The minimum atomic E-state index is -0.262. The fourth-order valence-electron chi connectivity index (χ4n) is 2.28. The maximum absolute atomic E-state index is 12.6. The Morgan fingerprint density at radius 2 is 1.96 bits per heavy atom. The van der Waals surface area contributed by atoms with Gasteiger partial charge in [-0.3, -0.25) is 4.79 Å². The van der Waals surface area contributed by atoms with Gasteiger partial charge in [0.25, 0.3) is 5.91 Å². The smallest absolute Gasteiger partial charge is 0.322 e. The van der Waals surface area contributed by atoms with E-state index in [1.807, 2.05) is 13.8 Å². The molecule has 146 valence electrons. The minimum Gasteiger partial charge on any atom is -0.351 e. The van der Waals surface area contributed by atoms with Crippen molar-refractivity contribution in [1.29, 1.82) is 0 Å². The first-order valence-electron chi connectivity index (χ1n) is 8.68. The second kappa shape index (κ2) is 10.5. The Labute approximate surface area is 172 Å². The topological polar surface area (TPSA) is 74.3 Å². The van der Waals surface area contributed by atoms with E-state index in [1.54, 1.807) is 28.5 Å². The number of nitrogens with zero attached hydrogens (tertiary/aromatic N) is 2. The Hall–Kier alpha value is -1.83. The zero-order valence-electron chi connectivity index (χ0n) is 15.2. The lowest BCUT2D eigenvalue weighted by molar-refractivity contribution is 0.0949. The molecule has 0 bridgehead atoms. The average Bonchev–Trinajstić information content (AvgIpc) is 3.11. The normalized spacial score (nSPS) is 10.5. The summed E-state index contributed by atoms with van der Waals surface area (Å²) in [5.74, 6) is -0.193. The number of thiazole rings is 1. The van der Waals surface area contributed by atoms with E-state index in [2.05, 4.69) is 15.6 Å². The summed E-state index contributed by atoms with van der Waals surface area (Å²) in [5, 5.41) is 8.82. The number of urea groups is 1. The van der Waals surface area contributed by atoms with Crippen LogP contribution in [0.15, 0.2) is 23.6 Å². The van der Waals surface area contributed by atoms with Crippen molar-refractivity contribution in [2.45, 2.75) is 33.2 Å². The summed E-state index contributed by atoms with van der Waals surface area (Å²) in [6, 6.07) is 4.66. The third kappa shape index (κ3) is 6.37. The maximum Gasteiger partial charge on any atom is 0.322 e. The van der Waals surface area contributed by atoms with Crippen LogP contribution in [0.3, 0.4) is 0 Å². The predicted molar refractivity (Wildman–Crippen MR) is 111 cm³/mol. The van der Waals surface area contributed by atoms with Gasteiger partial charge in [0.2, 0.25) is 0 Å². The van der Waals surface area contributed by atoms with Gasteiger partial charge in [-0.1, -0.05) is 37.0 Å². The quantitative estimate of drug-likeness (QED) is 0.618. The Kier molecular flexibility index (Phi) is 8.34. The number of rotatable bonds is 8. The van der Waals surface area contributed by atoms with E-state index in [4.69, 9.17) is 23.2 Å². The average molecular weight is 429 g/mol. The van der Waals surface area contributed by atoms with Gasteiger partial charge in [-0.15, -0.1) is 11.3 Å². The van der Waals surface area contributed by atoms with Crippen molar-refractivity contribution < 1.29 is 9.59 Å². The fraction of sp³-hybridized carbons (Fsp3) is 0.389. The van der Waals surface area contributed by atoms with Gasteiger partial charge in [0.15, 0.2) is 0 Å². The van der Waals surface area contributed by atoms with E-state index < -0.39 is 0 Å². The number of amides is 3. The first-order chi connectivity index (χ1) is 12.9. The number of carbonyl (C=O) groups is 2. The molecule has 0 aliphatic rings. The summed E-state index contributed by atoms with van der Waals surface area (Å²) in [4.78, 5) is 30.6. The summed E-state index contributed by atoms with van der Waals surface area (Å²) in [6.45, 7) is 5.48. The van der Waals surface area contributed by atoms with Crippen molar-refractivity contribution in [1.82, 2.24) is 15.2 Å². The number of halogens is 2. The number of nitrogens with one attached hydrogen (secondary N) is 2. The number of aromatic nitrogens is 1. The lowest BCUT2D eigenvalue weighted by Crippen LogP contribution is -2.35. The minimum absolute atomic E-state index is 0.193. The molecular formula is C18H22Cl2N4O2S. The Morgan fingerprint density at radius 1 is 1.19 bits per heavy atom. The van der Waals surface area contributed by atoms with E-state index >= 15 is 0 Å². The van der Waals surface area contributed by atoms with Crippen molar-refractivity contribution in [2.24, 2.45) is 0 Å². The number of hydrogen-bond acceptors (Lipinski definition) is 4. The van der Waals surface area contributed by atoms with Crippen molar-refractivity contribution in [2.75, 3.05) is 18.4 Å². The zero-order chi connectivity index (χ0) is 19.8. The molecule has 2 N–H and O–H groups in total. The Morgan fingerprint density at radius 3 is 2.63 bits per heavy atom. The van der Waals surface area contributed by atoms with Crippen LogP contribution in [0.2, 0.25) is 10.0 Å². The van der Waals surface area contributed by atoms with Crippen LogP contribution in [-0.2, 0) is 6.54 Å². The number of anilines is 1. The molecule has 1 heterocycles. The lowest BCUT2D eigenvalue weighted by Gasteiger charge is -2.21. The summed E-state index contributed by atoms with van der Waals surface area (Å²) in [6.07, 6.45) is 1.66. The van der Waals surface area contributed by atoms with Crippen LogP contribution in [0.4, 0.5) is 10.5 Å². The van der Waals surface area contributed by atoms with Gasteiger partial charge in [0.1, 0.15) is 10.7 Å². The molecule has 0 saturated heterocycles. The molecule has 9 heteroatoms. The SMILES string of the molecule is CCCNC(=O)c1csc(CN(CCC)C(=O)Nc2ccc(Cl)c(Cl)c2)n1. The van der Waals surface area contributed by atoms with E-state index in [1.165, 1.54) is 11.3 Å².